The molecule has 102 valence electrons. The van der Waals surface area contributed by atoms with Crippen molar-refractivity contribution in [1.29, 1.82) is 0 Å². The van der Waals surface area contributed by atoms with E-state index in [0.29, 0.717) is 5.56 Å². The van der Waals surface area contributed by atoms with Gasteiger partial charge >= 0.3 is 5.97 Å². The Bertz CT molecular complexity index is 592. The van der Waals surface area contributed by atoms with Crippen LogP contribution in [0.2, 0.25) is 0 Å². The number of benzene rings is 2. The number of para-hydroxylation sites is 2. The van der Waals surface area contributed by atoms with Gasteiger partial charge in [0.15, 0.2) is 11.5 Å². The molecular weight excluding hydrogens is 256 g/mol. The fraction of sp³-hybridized carbons (Fsp3) is 0.0625. The molecule has 0 fully saturated rings. The highest BCUT2D eigenvalue weighted by molar-refractivity contribution is 5.81. The summed E-state index contributed by atoms with van der Waals surface area (Å²) in [5.41, 5.74) is 0.658. The zero-order chi connectivity index (χ0) is 14.4. The van der Waals surface area contributed by atoms with E-state index in [-0.39, 0.29) is 11.5 Å². The molecule has 0 heterocycles. The Morgan fingerprint density at radius 2 is 1.75 bits per heavy atom. The number of aromatic hydroxyl groups is 1. The van der Waals surface area contributed by atoms with Crippen LogP contribution in [-0.2, 0) is 9.53 Å². The lowest BCUT2D eigenvalue weighted by Gasteiger charge is -2.19. The molecule has 2 aromatic rings. The minimum atomic E-state index is -0.949. The first-order valence-corrected chi connectivity index (χ1v) is 6.03. The standard InChI is InChI=1S/C16H14O4/c1-2-15(18)20-16(12-8-4-3-5-9-12)19-14-11-7-6-10-13(14)17/h2-11,16-17H,1H2. The predicted octanol–water partition coefficient (Wildman–Crippen LogP) is 3.20. The normalized spacial score (nSPS) is 11.4. The molecule has 0 amide bonds. The van der Waals surface area contributed by atoms with Crippen molar-refractivity contribution in [2.24, 2.45) is 0 Å². The molecule has 0 saturated carbocycles. The number of ether oxygens (including phenoxy) is 2. The van der Waals surface area contributed by atoms with Gasteiger partial charge in [0.25, 0.3) is 6.29 Å². The van der Waals surface area contributed by atoms with Gasteiger partial charge in [-0.3, -0.25) is 0 Å². The fourth-order valence-electron chi connectivity index (χ4n) is 1.60. The summed E-state index contributed by atoms with van der Waals surface area (Å²) in [5, 5.41) is 9.71. The van der Waals surface area contributed by atoms with Crippen molar-refractivity contribution in [1.82, 2.24) is 0 Å². The van der Waals surface area contributed by atoms with Gasteiger partial charge in [0.1, 0.15) is 0 Å². The van der Waals surface area contributed by atoms with E-state index in [4.69, 9.17) is 9.47 Å². The van der Waals surface area contributed by atoms with Gasteiger partial charge in [0.2, 0.25) is 0 Å². The Labute approximate surface area is 116 Å². The minimum Gasteiger partial charge on any atom is -0.504 e. The molecule has 0 aliphatic carbocycles. The smallest absolute Gasteiger partial charge is 0.333 e. The molecule has 2 aromatic carbocycles. The molecule has 1 unspecified atom stereocenters. The molecule has 0 saturated heterocycles. The third-order valence-corrected chi connectivity index (χ3v) is 2.56. The van der Waals surface area contributed by atoms with E-state index in [0.717, 1.165) is 6.08 Å². The number of esters is 1. The van der Waals surface area contributed by atoms with Crippen LogP contribution in [0.1, 0.15) is 11.9 Å². The summed E-state index contributed by atoms with van der Waals surface area (Å²) in [6, 6.07) is 15.5. The van der Waals surface area contributed by atoms with Crippen molar-refractivity contribution in [2.45, 2.75) is 6.29 Å². The van der Waals surface area contributed by atoms with Gasteiger partial charge in [0, 0.05) is 11.6 Å². The number of phenols is 1. The lowest BCUT2D eigenvalue weighted by molar-refractivity contribution is -0.158. The first-order chi connectivity index (χ1) is 9.70. The Balaban J connectivity index is 2.25. The van der Waals surface area contributed by atoms with E-state index in [1.165, 1.54) is 6.07 Å². The van der Waals surface area contributed by atoms with Crippen molar-refractivity contribution < 1.29 is 19.4 Å². The Morgan fingerprint density at radius 3 is 2.40 bits per heavy atom. The molecule has 1 atom stereocenters. The maximum absolute atomic E-state index is 11.4. The topological polar surface area (TPSA) is 55.8 Å². The molecule has 0 spiro atoms. The quantitative estimate of drug-likeness (QED) is 0.515. The summed E-state index contributed by atoms with van der Waals surface area (Å²) < 4.78 is 10.7. The van der Waals surface area contributed by atoms with Gasteiger partial charge in [-0.25, -0.2) is 4.79 Å². The van der Waals surface area contributed by atoms with Crippen molar-refractivity contribution >= 4 is 5.97 Å². The van der Waals surface area contributed by atoms with Gasteiger partial charge in [-0.2, -0.15) is 0 Å². The summed E-state index contributed by atoms with van der Waals surface area (Å²) in [5.74, 6) is -0.393. The highest BCUT2D eigenvalue weighted by atomic mass is 16.7. The van der Waals surface area contributed by atoms with Crippen LogP contribution >= 0.6 is 0 Å². The molecule has 1 N–H and O–H groups in total. The molecule has 2 rings (SSSR count). The van der Waals surface area contributed by atoms with E-state index >= 15 is 0 Å². The largest absolute Gasteiger partial charge is 0.504 e. The monoisotopic (exact) mass is 270 g/mol. The van der Waals surface area contributed by atoms with Crippen LogP contribution in [0.4, 0.5) is 0 Å². The first-order valence-electron chi connectivity index (χ1n) is 6.03. The van der Waals surface area contributed by atoms with Crippen LogP contribution in [0.25, 0.3) is 0 Å². The molecule has 4 heteroatoms. The van der Waals surface area contributed by atoms with Crippen LogP contribution in [0, 0.1) is 0 Å². The molecule has 0 aliphatic rings. The lowest BCUT2D eigenvalue weighted by Crippen LogP contribution is -2.15. The van der Waals surface area contributed by atoms with Crippen molar-refractivity contribution in [3.8, 4) is 11.5 Å². The number of hydrogen-bond donors (Lipinski definition) is 1. The molecule has 20 heavy (non-hydrogen) atoms. The SMILES string of the molecule is C=CC(=O)OC(Oc1ccccc1O)c1ccccc1. The van der Waals surface area contributed by atoms with Crippen LogP contribution in [0.5, 0.6) is 11.5 Å². The van der Waals surface area contributed by atoms with Crippen LogP contribution in [-0.4, -0.2) is 11.1 Å². The van der Waals surface area contributed by atoms with Crippen molar-refractivity contribution in [3.05, 3.63) is 72.8 Å². The zero-order valence-electron chi connectivity index (χ0n) is 10.7. The molecule has 0 bridgehead atoms. The molecule has 4 nitrogen and oxygen atoms in total. The maximum atomic E-state index is 11.4. The highest BCUT2D eigenvalue weighted by Gasteiger charge is 2.18. The van der Waals surface area contributed by atoms with Gasteiger partial charge in [-0.1, -0.05) is 49.0 Å². The second-order valence-corrected chi connectivity index (χ2v) is 3.97. The van der Waals surface area contributed by atoms with Crippen LogP contribution in [0.15, 0.2) is 67.3 Å². The summed E-state index contributed by atoms with van der Waals surface area (Å²) >= 11 is 0. The molecule has 0 radical (unpaired) electrons. The van der Waals surface area contributed by atoms with E-state index < -0.39 is 12.3 Å². The van der Waals surface area contributed by atoms with Gasteiger partial charge in [0.05, 0.1) is 0 Å². The minimum absolute atomic E-state index is 0.0249. The average molecular weight is 270 g/mol. The summed E-state index contributed by atoms with van der Waals surface area (Å²) in [7, 11) is 0. The first kappa shape index (κ1) is 13.7. The lowest BCUT2D eigenvalue weighted by atomic mass is 10.2. The summed E-state index contributed by atoms with van der Waals surface area (Å²) in [6.07, 6.45) is 0.111. The van der Waals surface area contributed by atoms with Gasteiger partial charge in [-0.05, 0) is 12.1 Å². The number of rotatable bonds is 5. The third kappa shape index (κ3) is 3.38. The molecular formula is C16H14O4. The third-order valence-electron chi connectivity index (χ3n) is 2.56. The Kier molecular flexibility index (Phi) is 4.39. The van der Waals surface area contributed by atoms with Crippen LogP contribution < -0.4 is 4.74 Å². The highest BCUT2D eigenvalue weighted by Crippen LogP contribution is 2.30. The number of carbonyl (C=O) groups is 1. The van der Waals surface area contributed by atoms with Crippen molar-refractivity contribution in [2.75, 3.05) is 0 Å². The van der Waals surface area contributed by atoms with Crippen molar-refractivity contribution in [3.63, 3.8) is 0 Å². The van der Waals surface area contributed by atoms with Gasteiger partial charge < -0.3 is 14.6 Å². The van der Waals surface area contributed by atoms with E-state index in [9.17, 15) is 9.90 Å². The van der Waals surface area contributed by atoms with Gasteiger partial charge in [-0.15, -0.1) is 0 Å². The average Bonchev–Trinajstić information content (AvgIpc) is 2.49. The molecule has 0 aliphatic heterocycles. The summed E-state index contributed by atoms with van der Waals surface area (Å²) in [4.78, 5) is 11.4. The second-order valence-electron chi connectivity index (χ2n) is 3.97. The number of hydrogen-bond acceptors (Lipinski definition) is 4. The Hall–Kier alpha value is -2.75. The molecule has 0 aromatic heterocycles. The van der Waals surface area contributed by atoms with Crippen LogP contribution in [0.3, 0.4) is 0 Å². The Morgan fingerprint density at radius 1 is 1.10 bits per heavy atom. The second kappa shape index (κ2) is 6.43. The fourth-order valence-corrected chi connectivity index (χ4v) is 1.60. The predicted molar refractivity (Wildman–Crippen MR) is 74.2 cm³/mol. The van der Waals surface area contributed by atoms with E-state index in [1.807, 2.05) is 6.07 Å². The number of phenolic OH excluding ortho intramolecular Hbond substituents is 1. The summed E-state index contributed by atoms with van der Waals surface area (Å²) in [6.45, 7) is 3.35. The van der Waals surface area contributed by atoms with E-state index in [2.05, 4.69) is 6.58 Å². The zero-order valence-corrected chi connectivity index (χ0v) is 10.7. The van der Waals surface area contributed by atoms with E-state index in [1.54, 1.807) is 42.5 Å². The maximum Gasteiger partial charge on any atom is 0.333 e. The number of carbonyl (C=O) groups excluding carboxylic acids is 1.